The summed E-state index contributed by atoms with van der Waals surface area (Å²) in [6.07, 6.45) is -3.64. The zero-order chi connectivity index (χ0) is 12.6. The molecule has 0 N–H and O–H groups in total. The van der Waals surface area contributed by atoms with E-state index in [1.807, 2.05) is 0 Å². The number of Topliss-reactive ketones (excluding diaryl/α,β-unsaturated/α-hetero) is 1. The van der Waals surface area contributed by atoms with Gasteiger partial charge in [-0.1, -0.05) is 0 Å². The highest BCUT2D eigenvalue weighted by Crippen LogP contribution is 2.30. The first kappa shape index (κ1) is 11.6. The number of carbonyl (C=O) groups is 1. The zero-order valence-electron chi connectivity index (χ0n) is 8.88. The summed E-state index contributed by atoms with van der Waals surface area (Å²) in [5.41, 5.74) is -0.00711. The number of aromatic nitrogens is 1. The highest BCUT2D eigenvalue weighted by molar-refractivity contribution is 5.97. The number of rotatable bonds is 1. The molecule has 88 valence electrons. The van der Waals surface area contributed by atoms with Gasteiger partial charge in [-0.05, 0) is 31.2 Å². The summed E-state index contributed by atoms with van der Waals surface area (Å²) in [7, 11) is 0. The number of alkyl halides is 3. The third kappa shape index (κ3) is 2.27. The van der Waals surface area contributed by atoms with Crippen LogP contribution in [-0.4, -0.2) is 10.8 Å². The molecular formula is C12H8F3NO. The molecule has 2 rings (SSSR count). The Bertz CT molecular complexity index is 590. The molecule has 0 saturated carbocycles. The lowest BCUT2D eigenvalue weighted by atomic mass is 10.1. The van der Waals surface area contributed by atoms with Gasteiger partial charge in [0.25, 0.3) is 0 Å². The minimum atomic E-state index is -4.42. The van der Waals surface area contributed by atoms with Gasteiger partial charge in [0.15, 0.2) is 5.78 Å². The maximum Gasteiger partial charge on any atom is 0.417 e. The van der Waals surface area contributed by atoms with Crippen LogP contribution in [0.3, 0.4) is 0 Å². The number of hydrogen-bond donors (Lipinski definition) is 0. The van der Waals surface area contributed by atoms with Crippen molar-refractivity contribution in [2.45, 2.75) is 13.1 Å². The Kier molecular flexibility index (Phi) is 2.61. The van der Waals surface area contributed by atoms with E-state index in [0.29, 0.717) is 16.5 Å². The van der Waals surface area contributed by atoms with Crippen LogP contribution in [0.2, 0.25) is 0 Å². The lowest BCUT2D eigenvalue weighted by Gasteiger charge is -2.07. The maximum atomic E-state index is 12.5. The fourth-order valence-corrected chi connectivity index (χ4v) is 1.51. The molecule has 0 aliphatic rings. The average Bonchev–Trinajstić information content (AvgIpc) is 2.26. The topological polar surface area (TPSA) is 30.0 Å². The normalized spacial score (nSPS) is 11.8. The van der Waals surface area contributed by atoms with E-state index in [1.54, 1.807) is 6.07 Å². The fourth-order valence-electron chi connectivity index (χ4n) is 1.51. The zero-order valence-corrected chi connectivity index (χ0v) is 8.88. The van der Waals surface area contributed by atoms with E-state index in [0.717, 1.165) is 12.3 Å². The van der Waals surface area contributed by atoms with Gasteiger partial charge in [0.05, 0.1) is 11.1 Å². The lowest BCUT2D eigenvalue weighted by molar-refractivity contribution is -0.137. The van der Waals surface area contributed by atoms with Gasteiger partial charge in [0, 0.05) is 17.1 Å². The van der Waals surface area contributed by atoms with Crippen LogP contribution in [0.4, 0.5) is 13.2 Å². The van der Waals surface area contributed by atoms with Crippen molar-refractivity contribution in [3.8, 4) is 0 Å². The second kappa shape index (κ2) is 3.84. The van der Waals surface area contributed by atoms with E-state index in [-0.39, 0.29) is 5.78 Å². The fraction of sp³-hybridized carbons (Fsp3) is 0.167. The summed E-state index contributed by atoms with van der Waals surface area (Å²) in [6.45, 7) is 1.36. The smallest absolute Gasteiger partial charge is 0.295 e. The molecule has 2 nitrogen and oxygen atoms in total. The van der Waals surface area contributed by atoms with Crippen LogP contribution < -0.4 is 0 Å². The minimum Gasteiger partial charge on any atom is -0.295 e. The van der Waals surface area contributed by atoms with Crippen molar-refractivity contribution in [1.82, 2.24) is 4.98 Å². The Hall–Kier alpha value is -1.91. The summed E-state index contributed by atoms with van der Waals surface area (Å²) in [6, 6.07) is 5.49. The first-order valence-electron chi connectivity index (χ1n) is 4.86. The third-order valence-electron chi connectivity index (χ3n) is 2.42. The van der Waals surface area contributed by atoms with E-state index in [9.17, 15) is 18.0 Å². The van der Waals surface area contributed by atoms with Crippen LogP contribution in [0.5, 0.6) is 0 Å². The number of fused-ring (bicyclic) bond motifs is 1. The molecule has 0 aliphatic heterocycles. The van der Waals surface area contributed by atoms with Gasteiger partial charge in [-0.15, -0.1) is 0 Å². The highest BCUT2D eigenvalue weighted by Gasteiger charge is 2.31. The van der Waals surface area contributed by atoms with E-state index in [1.165, 1.54) is 19.1 Å². The number of pyridine rings is 1. The second-order valence-corrected chi connectivity index (χ2v) is 3.69. The lowest BCUT2D eigenvalue weighted by Crippen LogP contribution is -2.05. The van der Waals surface area contributed by atoms with Crippen molar-refractivity contribution < 1.29 is 18.0 Å². The van der Waals surface area contributed by atoms with Gasteiger partial charge in [0.2, 0.25) is 0 Å². The summed E-state index contributed by atoms with van der Waals surface area (Å²) < 4.78 is 37.4. The van der Waals surface area contributed by atoms with Gasteiger partial charge < -0.3 is 0 Å². The van der Waals surface area contributed by atoms with Crippen molar-refractivity contribution in [1.29, 1.82) is 0 Å². The summed E-state index contributed by atoms with van der Waals surface area (Å²) in [5.74, 6) is -0.190. The molecular weight excluding hydrogens is 231 g/mol. The predicted octanol–water partition coefficient (Wildman–Crippen LogP) is 3.46. The van der Waals surface area contributed by atoms with Gasteiger partial charge in [-0.2, -0.15) is 13.2 Å². The SMILES string of the molecule is CC(=O)c1ccc2ncc(C(F)(F)F)cc2c1. The first-order valence-corrected chi connectivity index (χ1v) is 4.86. The Morgan fingerprint density at radius 2 is 1.94 bits per heavy atom. The number of nitrogens with zero attached hydrogens (tertiary/aromatic N) is 1. The Labute approximate surface area is 95.1 Å². The number of benzene rings is 1. The van der Waals surface area contributed by atoms with Crippen molar-refractivity contribution >= 4 is 16.7 Å². The monoisotopic (exact) mass is 239 g/mol. The second-order valence-electron chi connectivity index (χ2n) is 3.69. The Morgan fingerprint density at radius 3 is 2.53 bits per heavy atom. The maximum absolute atomic E-state index is 12.5. The van der Waals surface area contributed by atoms with Crippen LogP contribution in [0.25, 0.3) is 10.9 Å². The van der Waals surface area contributed by atoms with Crippen LogP contribution in [0.15, 0.2) is 30.5 Å². The van der Waals surface area contributed by atoms with Crippen LogP contribution in [-0.2, 0) is 6.18 Å². The Morgan fingerprint density at radius 1 is 1.24 bits per heavy atom. The van der Waals surface area contributed by atoms with Gasteiger partial charge >= 0.3 is 6.18 Å². The van der Waals surface area contributed by atoms with Crippen LogP contribution >= 0.6 is 0 Å². The number of halogens is 3. The van der Waals surface area contributed by atoms with Crippen molar-refractivity contribution in [3.63, 3.8) is 0 Å². The van der Waals surface area contributed by atoms with E-state index in [4.69, 9.17) is 0 Å². The van der Waals surface area contributed by atoms with E-state index in [2.05, 4.69) is 4.98 Å². The molecule has 0 atom stereocenters. The van der Waals surface area contributed by atoms with Gasteiger partial charge in [-0.3, -0.25) is 9.78 Å². The molecule has 0 radical (unpaired) electrons. The number of hydrogen-bond acceptors (Lipinski definition) is 2. The summed E-state index contributed by atoms with van der Waals surface area (Å²) in [4.78, 5) is 14.8. The van der Waals surface area contributed by atoms with Crippen LogP contribution in [0, 0.1) is 0 Å². The first-order chi connectivity index (χ1) is 7.88. The molecule has 5 heteroatoms. The molecule has 0 aliphatic carbocycles. The molecule has 0 amide bonds. The largest absolute Gasteiger partial charge is 0.417 e. The number of ketones is 1. The van der Waals surface area contributed by atoms with Crippen LogP contribution in [0.1, 0.15) is 22.8 Å². The average molecular weight is 239 g/mol. The van der Waals surface area contributed by atoms with E-state index < -0.39 is 11.7 Å². The van der Waals surface area contributed by atoms with Crippen molar-refractivity contribution in [2.24, 2.45) is 0 Å². The van der Waals surface area contributed by atoms with Gasteiger partial charge in [-0.25, -0.2) is 0 Å². The van der Waals surface area contributed by atoms with Gasteiger partial charge in [0.1, 0.15) is 0 Å². The molecule has 0 unspecified atom stereocenters. The minimum absolute atomic E-state index is 0.190. The molecule has 1 aromatic carbocycles. The molecule has 0 fully saturated rings. The Balaban J connectivity index is 2.62. The van der Waals surface area contributed by atoms with E-state index >= 15 is 0 Å². The molecule has 0 saturated heterocycles. The molecule has 0 spiro atoms. The third-order valence-corrected chi connectivity index (χ3v) is 2.42. The number of carbonyl (C=O) groups excluding carboxylic acids is 1. The predicted molar refractivity (Wildman–Crippen MR) is 56.7 cm³/mol. The quantitative estimate of drug-likeness (QED) is 0.713. The summed E-state index contributed by atoms with van der Waals surface area (Å²) in [5, 5.41) is 0.313. The standard InChI is InChI=1S/C12H8F3NO/c1-7(17)8-2-3-11-9(4-8)5-10(6-16-11)12(13,14)15/h2-6H,1H3. The molecule has 1 aromatic heterocycles. The van der Waals surface area contributed by atoms with Crippen molar-refractivity contribution in [3.05, 3.63) is 41.6 Å². The molecule has 0 bridgehead atoms. The highest BCUT2D eigenvalue weighted by atomic mass is 19.4. The summed E-state index contributed by atoms with van der Waals surface area (Å²) >= 11 is 0. The molecule has 17 heavy (non-hydrogen) atoms. The van der Waals surface area contributed by atoms with Crippen molar-refractivity contribution in [2.75, 3.05) is 0 Å². The molecule has 2 aromatic rings. The molecule has 1 heterocycles.